The first kappa shape index (κ1) is 53.3. The van der Waals surface area contributed by atoms with E-state index < -0.39 is 122 Å². The molecule has 0 unspecified atom stereocenters. The van der Waals surface area contributed by atoms with Gasteiger partial charge in [0.25, 0.3) is 5.91 Å². The molecule has 1 heterocycles. The molecule has 0 spiro atoms. The zero-order chi connectivity index (χ0) is 50.6. The van der Waals surface area contributed by atoms with Crippen molar-refractivity contribution in [3.05, 3.63) is 82.9 Å². The number of hydrogen-bond donors (Lipinski definition) is 3. The standard InChI is InChI=1S/C52H75NO13Si2/c1-15-68(16-2,17-3)65-38-28-37(56)51(64-33(6)55)30-61-45-43(51)50(38,12)44(57)41(62-32(5)54)39-31(4)36(29-52(45,60)49(39,10)11)63-47(59)42(66-67(13,14)48(7,8)9)40(34-24-20-18-21-25-34)53-46(58)35-26-22-19-23-27-35/h18-27,36-38,40-43,45,56,60H,15-17,28-30H2,1-14H3,(H,53,58)/t36-,37+,38-,40-,41+,42+,43-,45-,50+,51-,52+/m0/s1. The molecule has 0 aromatic heterocycles. The zero-order valence-electron chi connectivity index (χ0n) is 42.5. The Morgan fingerprint density at radius 1 is 0.897 bits per heavy atom. The number of benzene rings is 2. The molecule has 0 radical (unpaired) electrons. The van der Waals surface area contributed by atoms with Crippen LogP contribution in [0.25, 0.3) is 0 Å². The third-order valence-electron chi connectivity index (χ3n) is 16.7. The number of aliphatic hydroxyl groups excluding tert-OH is 1. The molecule has 4 aliphatic rings. The van der Waals surface area contributed by atoms with E-state index in [1.54, 1.807) is 82.3 Å². The Labute approximate surface area is 404 Å². The smallest absolute Gasteiger partial charge is 0.337 e. The molecular formula is C52H75NO13Si2. The van der Waals surface area contributed by atoms with Crippen LogP contribution < -0.4 is 5.32 Å². The fourth-order valence-corrected chi connectivity index (χ4v) is 15.6. The van der Waals surface area contributed by atoms with Gasteiger partial charge in [0, 0.05) is 43.6 Å². The topological polar surface area (TPSA) is 193 Å². The minimum Gasteiger partial charge on any atom is -0.456 e. The van der Waals surface area contributed by atoms with Gasteiger partial charge in [0.1, 0.15) is 11.7 Å². The van der Waals surface area contributed by atoms with Crippen LogP contribution in [0.5, 0.6) is 0 Å². The first-order valence-electron chi connectivity index (χ1n) is 24.2. The third kappa shape index (κ3) is 9.11. The van der Waals surface area contributed by atoms with Gasteiger partial charge in [0.2, 0.25) is 0 Å². The summed E-state index contributed by atoms with van der Waals surface area (Å²) in [7, 11) is -5.42. The van der Waals surface area contributed by atoms with Gasteiger partial charge in [0.05, 0.1) is 36.4 Å². The van der Waals surface area contributed by atoms with Crippen LogP contribution in [0.15, 0.2) is 71.8 Å². The van der Waals surface area contributed by atoms with E-state index in [0.717, 1.165) is 18.1 Å². The van der Waals surface area contributed by atoms with Crippen LogP contribution in [0.1, 0.15) is 118 Å². The van der Waals surface area contributed by atoms with Gasteiger partial charge in [-0.1, -0.05) is 104 Å². The fourth-order valence-electron chi connectivity index (χ4n) is 11.4. The van der Waals surface area contributed by atoms with E-state index in [0.29, 0.717) is 16.7 Å². The molecule has 3 fully saturated rings. The maximum atomic E-state index is 16.1. The monoisotopic (exact) mass is 977 g/mol. The Bertz CT molecular complexity index is 2250. The molecule has 6 rings (SSSR count). The summed E-state index contributed by atoms with van der Waals surface area (Å²) in [4.78, 5) is 72.0. The van der Waals surface area contributed by atoms with Crippen LogP contribution in [0.4, 0.5) is 0 Å². The normalized spacial score (nSPS) is 31.1. The van der Waals surface area contributed by atoms with Crippen LogP contribution in [-0.2, 0) is 47.0 Å². The predicted molar refractivity (Wildman–Crippen MR) is 260 cm³/mol. The molecule has 1 amide bonds. The second-order valence-electron chi connectivity index (χ2n) is 21.8. The molecule has 11 atom stereocenters. The second-order valence-corrected chi connectivity index (χ2v) is 31.3. The molecule has 2 bridgehead atoms. The summed E-state index contributed by atoms with van der Waals surface area (Å²) in [5.74, 6) is -4.59. The summed E-state index contributed by atoms with van der Waals surface area (Å²) >= 11 is 0. The number of hydrogen-bond acceptors (Lipinski definition) is 13. The lowest BCUT2D eigenvalue weighted by Crippen LogP contribution is -2.75. The zero-order valence-corrected chi connectivity index (χ0v) is 44.5. The highest BCUT2D eigenvalue weighted by molar-refractivity contribution is 6.74. The van der Waals surface area contributed by atoms with Crippen LogP contribution >= 0.6 is 0 Å². The number of ketones is 1. The van der Waals surface area contributed by atoms with Gasteiger partial charge in [-0.15, -0.1) is 0 Å². The van der Waals surface area contributed by atoms with Gasteiger partial charge < -0.3 is 43.3 Å². The molecular weight excluding hydrogens is 903 g/mol. The van der Waals surface area contributed by atoms with Crippen molar-refractivity contribution >= 4 is 46.2 Å². The first-order valence-corrected chi connectivity index (χ1v) is 29.7. The van der Waals surface area contributed by atoms with E-state index in [9.17, 15) is 24.6 Å². The van der Waals surface area contributed by atoms with Crippen molar-refractivity contribution in [1.29, 1.82) is 0 Å². The highest BCUT2D eigenvalue weighted by atomic mass is 28.4. The van der Waals surface area contributed by atoms with Crippen molar-refractivity contribution in [1.82, 2.24) is 5.32 Å². The minimum atomic E-state index is -2.86. The summed E-state index contributed by atoms with van der Waals surface area (Å²) in [6, 6.07) is 18.8. The number of aliphatic hydroxyl groups is 2. The number of nitrogens with one attached hydrogen (secondary N) is 1. The van der Waals surface area contributed by atoms with E-state index in [1.807, 2.05) is 39.9 Å². The lowest BCUT2D eigenvalue weighted by atomic mass is 9.46. The summed E-state index contributed by atoms with van der Waals surface area (Å²) < 4.78 is 39.8. The highest BCUT2D eigenvalue weighted by Crippen LogP contribution is 2.65. The number of Topliss-reactive ketones (excluding diaryl/α,β-unsaturated/α-hetero) is 1. The number of rotatable bonds is 15. The lowest BCUT2D eigenvalue weighted by molar-refractivity contribution is -0.242. The van der Waals surface area contributed by atoms with Crippen molar-refractivity contribution in [2.75, 3.05) is 6.61 Å². The molecule has 1 saturated heterocycles. The van der Waals surface area contributed by atoms with Gasteiger partial charge in [-0.05, 0) is 79.0 Å². The van der Waals surface area contributed by atoms with Crippen molar-refractivity contribution in [3.63, 3.8) is 0 Å². The molecule has 374 valence electrons. The van der Waals surface area contributed by atoms with Crippen molar-refractivity contribution in [3.8, 4) is 0 Å². The highest BCUT2D eigenvalue weighted by Gasteiger charge is 2.78. The number of ether oxygens (including phenoxy) is 4. The molecule has 2 aromatic rings. The van der Waals surface area contributed by atoms with E-state index >= 15 is 9.59 Å². The van der Waals surface area contributed by atoms with E-state index in [2.05, 4.69) is 26.1 Å². The average molecular weight is 978 g/mol. The van der Waals surface area contributed by atoms with Gasteiger partial charge in [-0.25, -0.2) is 4.79 Å². The average Bonchev–Trinajstić information content (AvgIpc) is 3.68. The number of esters is 3. The van der Waals surface area contributed by atoms with Crippen LogP contribution in [0.3, 0.4) is 0 Å². The molecule has 2 aromatic carbocycles. The number of carbonyl (C=O) groups is 5. The first-order chi connectivity index (χ1) is 31.6. The Kier molecular flexibility index (Phi) is 15.1. The third-order valence-corrected chi connectivity index (χ3v) is 25.8. The van der Waals surface area contributed by atoms with E-state index in [1.165, 1.54) is 13.8 Å². The van der Waals surface area contributed by atoms with Crippen LogP contribution in [0.2, 0.25) is 36.3 Å². The largest absolute Gasteiger partial charge is 0.456 e. The quantitative estimate of drug-likeness (QED) is 0.0675. The molecule has 68 heavy (non-hydrogen) atoms. The van der Waals surface area contributed by atoms with E-state index in [4.69, 9.17) is 27.8 Å². The van der Waals surface area contributed by atoms with Gasteiger partial charge >= 0.3 is 17.9 Å². The summed E-state index contributed by atoms with van der Waals surface area (Å²) in [5, 5.41) is 28.8. The lowest BCUT2D eigenvalue weighted by Gasteiger charge is -2.62. The number of amides is 1. The Morgan fingerprint density at radius 2 is 1.47 bits per heavy atom. The Hall–Kier alpha value is -4.04. The van der Waals surface area contributed by atoms with Gasteiger partial charge in [-0.2, -0.15) is 0 Å². The summed E-state index contributed by atoms with van der Waals surface area (Å²) in [6.07, 6.45) is -8.37. The summed E-state index contributed by atoms with van der Waals surface area (Å²) in [5.41, 5.74) is -5.43. The molecule has 14 nitrogen and oxygen atoms in total. The van der Waals surface area contributed by atoms with Gasteiger partial charge in [0.15, 0.2) is 40.2 Å². The van der Waals surface area contributed by atoms with Gasteiger partial charge in [-0.3, -0.25) is 19.2 Å². The number of fused-ring (bicyclic) bond motifs is 3. The molecule has 3 aliphatic carbocycles. The van der Waals surface area contributed by atoms with E-state index in [-0.39, 0.29) is 25.0 Å². The molecule has 1 aliphatic heterocycles. The van der Waals surface area contributed by atoms with Crippen LogP contribution in [0, 0.1) is 16.7 Å². The van der Waals surface area contributed by atoms with Crippen molar-refractivity contribution in [2.24, 2.45) is 16.7 Å². The van der Waals surface area contributed by atoms with Crippen LogP contribution in [-0.4, -0.2) is 111 Å². The Balaban J connectivity index is 1.56. The Morgan fingerprint density at radius 3 is 2.00 bits per heavy atom. The molecule has 3 N–H and O–H groups in total. The molecule has 16 heteroatoms. The second kappa shape index (κ2) is 19.3. The number of carbonyl (C=O) groups excluding carboxylic acids is 5. The minimum absolute atomic E-state index is 0.0945. The summed E-state index contributed by atoms with van der Waals surface area (Å²) in [6.45, 7) is 25.2. The van der Waals surface area contributed by atoms with Crippen molar-refractivity contribution < 1.29 is 62.0 Å². The SMILES string of the molecule is CC[Si](CC)(CC)O[C@H]1C[C@@H](O)[C@@]2(OC(C)=O)CO[C@H]3[C@H]2[C@]1(C)C(=O)[C@H](OC(C)=O)C1=C(C)[C@@H](OC(=O)[C@H](O[Si](C)(C)C(C)(C)C)[C@@H](NC(=O)c2ccccc2)c2ccccc2)C[C@]3(O)C1(C)C. The predicted octanol–water partition coefficient (Wildman–Crippen LogP) is 7.93. The van der Waals surface area contributed by atoms with Crippen molar-refractivity contribution in [2.45, 2.75) is 186 Å². The molecule has 2 saturated carbocycles. The maximum Gasteiger partial charge on any atom is 0.337 e. The maximum absolute atomic E-state index is 16.1. The fraction of sp³-hybridized carbons (Fsp3) is 0.635.